The van der Waals surface area contributed by atoms with Crippen LogP contribution in [0, 0.1) is 0 Å². The van der Waals surface area contributed by atoms with E-state index in [0.29, 0.717) is 12.1 Å². The number of nitrogens with zero attached hydrogens (tertiary/aromatic N) is 2. The van der Waals surface area contributed by atoms with Crippen molar-refractivity contribution in [2.75, 3.05) is 20.2 Å². The highest BCUT2D eigenvalue weighted by molar-refractivity contribution is 9.10. The summed E-state index contributed by atoms with van der Waals surface area (Å²) in [5.74, 6) is -0.0155. The number of pyridine rings is 1. The first-order chi connectivity index (χ1) is 11.6. The summed E-state index contributed by atoms with van der Waals surface area (Å²) in [6, 6.07) is 11.6. The van der Waals surface area contributed by atoms with E-state index in [9.17, 15) is 4.79 Å². The number of aromatic nitrogens is 1. The first-order valence-electron chi connectivity index (χ1n) is 7.89. The molecule has 1 aliphatic heterocycles. The highest BCUT2D eigenvalue weighted by atomic mass is 79.9. The van der Waals surface area contributed by atoms with Crippen LogP contribution in [0.1, 0.15) is 23.2 Å². The van der Waals surface area contributed by atoms with Gasteiger partial charge >= 0.3 is 0 Å². The zero-order valence-corrected chi connectivity index (χ0v) is 15.8. The molecule has 1 saturated heterocycles. The molecule has 2 aromatic rings. The minimum Gasteiger partial charge on any atom is -0.376 e. The Bertz CT molecular complexity index is 702. The number of likely N-dealkylation sites (N-methyl/N-ethyl adjacent to an activating group) is 1. The molecule has 1 aromatic carbocycles. The first kappa shape index (κ1) is 17.5. The fraction of sp³-hybridized carbons (Fsp3) is 0.333. The maximum absolute atomic E-state index is 12.8. The number of hydrogen-bond donors (Lipinski definition) is 0. The van der Waals surface area contributed by atoms with Crippen LogP contribution in [0.25, 0.3) is 0 Å². The Morgan fingerprint density at radius 3 is 2.88 bits per heavy atom. The van der Waals surface area contributed by atoms with E-state index >= 15 is 0 Å². The Morgan fingerprint density at radius 2 is 2.17 bits per heavy atom. The predicted molar refractivity (Wildman–Crippen MR) is 98.4 cm³/mol. The zero-order valence-electron chi connectivity index (χ0n) is 13.4. The quantitative estimate of drug-likeness (QED) is 0.744. The van der Waals surface area contributed by atoms with E-state index in [1.54, 1.807) is 17.2 Å². The number of carbonyl (C=O) groups is 1. The Morgan fingerprint density at radius 1 is 1.38 bits per heavy atom. The van der Waals surface area contributed by atoms with Gasteiger partial charge in [0, 0.05) is 35.8 Å². The molecule has 24 heavy (non-hydrogen) atoms. The van der Waals surface area contributed by atoms with Gasteiger partial charge in [0.2, 0.25) is 0 Å². The molecular weight excluding hydrogens is 388 g/mol. The monoisotopic (exact) mass is 406 g/mol. The number of halogens is 1. The molecule has 0 spiro atoms. The second kappa shape index (κ2) is 8.14. The van der Waals surface area contributed by atoms with Crippen molar-refractivity contribution in [1.29, 1.82) is 0 Å². The fourth-order valence-electron chi connectivity index (χ4n) is 2.63. The van der Waals surface area contributed by atoms with Gasteiger partial charge in [-0.25, -0.2) is 4.98 Å². The molecule has 0 aliphatic carbocycles. The molecule has 1 aromatic heterocycles. The molecule has 6 heteroatoms. The molecule has 2 heterocycles. The van der Waals surface area contributed by atoms with E-state index in [-0.39, 0.29) is 12.0 Å². The molecule has 0 saturated carbocycles. The van der Waals surface area contributed by atoms with Crippen molar-refractivity contribution < 1.29 is 9.53 Å². The lowest BCUT2D eigenvalue weighted by atomic mass is 10.2. The standard InChI is InChI=1S/C18H19BrN2O2S/c1-21(12-14-4-3-11-23-14)18(22)16-5-2-10-20-17(16)24-15-8-6-13(19)7-9-15/h2,5-10,14H,3-4,11-12H2,1H3. The van der Waals surface area contributed by atoms with Crippen molar-refractivity contribution in [1.82, 2.24) is 9.88 Å². The smallest absolute Gasteiger partial charge is 0.256 e. The van der Waals surface area contributed by atoms with Crippen LogP contribution in [0.4, 0.5) is 0 Å². The van der Waals surface area contributed by atoms with Crippen molar-refractivity contribution in [2.45, 2.75) is 28.9 Å². The summed E-state index contributed by atoms with van der Waals surface area (Å²) in [7, 11) is 1.82. The largest absolute Gasteiger partial charge is 0.376 e. The molecule has 1 amide bonds. The predicted octanol–water partition coefficient (Wildman–Crippen LogP) is 4.25. The van der Waals surface area contributed by atoms with Crippen LogP contribution < -0.4 is 0 Å². The third-order valence-corrected chi connectivity index (χ3v) is 5.43. The summed E-state index contributed by atoms with van der Waals surface area (Å²) in [4.78, 5) is 20.0. The molecule has 3 rings (SSSR count). The number of rotatable bonds is 5. The van der Waals surface area contributed by atoms with Gasteiger partial charge in [-0.3, -0.25) is 4.79 Å². The molecule has 1 aliphatic rings. The number of ether oxygens (including phenoxy) is 1. The number of hydrogen-bond acceptors (Lipinski definition) is 4. The number of benzene rings is 1. The third kappa shape index (κ3) is 4.37. The topological polar surface area (TPSA) is 42.4 Å². The van der Waals surface area contributed by atoms with Crippen LogP contribution in [-0.4, -0.2) is 42.1 Å². The van der Waals surface area contributed by atoms with Crippen LogP contribution >= 0.6 is 27.7 Å². The van der Waals surface area contributed by atoms with E-state index < -0.39 is 0 Å². The Kier molecular flexibility index (Phi) is 5.92. The maximum Gasteiger partial charge on any atom is 0.256 e. The molecule has 0 N–H and O–H groups in total. The van der Waals surface area contributed by atoms with E-state index in [1.807, 2.05) is 37.4 Å². The summed E-state index contributed by atoms with van der Waals surface area (Å²) in [6.45, 7) is 1.42. The van der Waals surface area contributed by atoms with Gasteiger partial charge in [0.1, 0.15) is 5.03 Å². The third-order valence-electron chi connectivity index (χ3n) is 3.88. The van der Waals surface area contributed by atoms with Gasteiger partial charge in [0.15, 0.2) is 0 Å². The average Bonchev–Trinajstić information content (AvgIpc) is 3.10. The van der Waals surface area contributed by atoms with E-state index in [0.717, 1.165) is 33.8 Å². The SMILES string of the molecule is CN(CC1CCCO1)C(=O)c1cccnc1Sc1ccc(Br)cc1. The van der Waals surface area contributed by atoms with Crippen LogP contribution in [0.3, 0.4) is 0 Å². The van der Waals surface area contributed by atoms with Gasteiger partial charge in [-0.15, -0.1) is 0 Å². The fourth-order valence-corrected chi connectivity index (χ4v) is 3.77. The highest BCUT2D eigenvalue weighted by Crippen LogP contribution is 2.30. The van der Waals surface area contributed by atoms with Crippen molar-refractivity contribution in [3.8, 4) is 0 Å². The van der Waals surface area contributed by atoms with Crippen molar-refractivity contribution in [3.63, 3.8) is 0 Å². The Hall–Kier alpha value is -1.37. The zero-order chi connectivity index (χ0) is 16.9. The van der Waals surface area contributed by atoms with Crippen LogP contribution in [0.15, 0.2) is 57.0 Å². The minimum absolute atomic E-state index is 0.0155. The minimum atomic E-state index is -0.0155. The van der Waals surface area contributed by atoms with Crippen LogP contribution in [0.5, 0.6) is 0 Å². The molecule has 4 nitrogen and oxygen atoms in total. The molecule has 1 fully saturated rings. The number of carbonyl (C=O) groups excluding carboxylic acids is 1. The molecule has 0 bridgehead atoms. The van der Waals surface area contributed by atoms with Gasteiger partial charge in [0.05, 0.1) is 11.7 Å². The van der Waals surface area contributed by atoms with E-state index in [2.05, 4.69) is 20.9 Å². The maximum atomic E-state index is 12.8. The van der Waals surface area contributed by atoms with Gasteiger partial charge in [0.25, 0.3) is 5.91 Å². The summed E-state index contributed by atoms with van der Waals surface area (Å²) >= 11 is 4.93. The van der Waals surface area contributed by atoms with Crippen molar-refractivity contribution in [2.24, 2.45) is 0 Å². The van der Waals surface area contributed by atoms with Crippen molar-refractivity contribution >= 4 is 33.6 Å². The second-order valence-electron chi connectivity index (χ2n) is 5.73. The van der Waals surface area contributed by atoms with E-state index in [4.69, 9.17) is 4.74 Å². The summed E-state index contributed by atoms with van der Waals surface area (Å²) < 4.78 is 6.66. The molecule has 0 radical (unpaired) electrons. The lowest BCUT2D eigenvalue weighted by molar-refractivity contribution is 0.0584. The summed E-state index contributed by atoms with van der Waals surface area (Å²) in [5.41, 5.74) is 0.630. The Labute approximate surface area is 154 Å². The summed E-state index contributed by atoms with van der Waals surface area (Å²) in [6.07, 6.45) is 3.96. The average molecular weight is 407 g/mol. The van der Waals surface area contributed by atoms with Gasteiger partial charge in [-0.1, -0.05) is 27.7 Å². The molecule has 126 valence electrons. The molecule has 1 unspecified atom stereocenters. The van der Waals surface area contributed by atoms with Crippen molar-refractivity contribution in [3.05, 3.63) is 52.6 Å². The van der Waals surface area contributed by atoms with Gasteiger partial charge in [-0.05, 0) is 49.2 Å². The Balaban J connectivity index is 1.74. The molecular formula is C18H19BrN2O2S. The van der Waals surface area contributed by atoms with Crippen LogP contribution in [0.2, 0.25) is 0 Å². The number of amides is 1. The molecule has 1 atom stereocenters. The normalized spacial score (nSPS) is 17.0. The first-order valence-corrected chi connectivity index (χ1v) is 9.50. The van der Waals surface area contributed by atoms with Gasteiger partial charge in [-0.2, -0.15) is 0 Å². The second-order valence-corrected chi connectivity index (χ2v) is 7.71. The van der Waals surface area contributed by atoms with Gasteiger partial charge < -0.3 is 9.64 Å². The highest BCUT2D eigenvalue weighted by Gasteiger charge is 2.22. The van der Waals surface area contributed by atoms with Crippen LogP contribution in [-0.2, 0) is 4.74 Å². The van der Waals surface area contributed by atoms with E-state index in [1.165, 1.54) is 11.8 Å². The lowest BCUT2D eigenvalue weighted by Gasteiger charge is -2.21. The summed E-state index contributed by atoms with van der Waals surface area (Å²) in [5, 5.41) is 0.726. The lowest BCUT2D eigenvalue weighted by Crippen LogP contribution is -2.34.